The van der Waals surface area contributed by atoms with E-state index in [0.29, 0.717) is 11.5 Å². The van der Waals surface area contributed by atoms with Crippen molar-refractivity contribution in [2.75, 3.05) is 9.80 Å². The molecule has 2 aliphatic rings. The number of hydrogen-bond acceptors (Lipinski definition) is 4. The minimum absolute atomic E-state index is 0. The normalized spacial score (nSPS) is 13.1. The Morgan fingerprint density at radius 2 is 1.01 bits per heavy atom. The first-order valence-corrected chi connectivity index (χ1v) is 28.1. The van der Waals surface area contributed by atoms with Crippen LogP contribution in [-0.4, -0.2) is 9.55 Å². The van der Waals surface area contributed by atoms with Crippen LogP contribution in [0.1, 0.15) is 48.6 Å². The Morgan fingerprint density at radius 3 is 1.66 bits per heavy atom. The number of benzene rings is 11. The number of fused-ring (bicyclic) bond motifs is 7. The van der Waals surface area contributed by atoms with Crippen molar-refractivity contribution in [3.05, 3.63) is 320 Å². The number of rotatable bonds is 10. The van der Waals surface area contributed by atoms with Gasteiger partial charge in [0.2, 0.25) is 0 Å². The Bertz CT molecular complexity index is 4460. The summed E-state index contributed by atoms with van der Waals surface area (Å²) in [6.07, 6.45) is 1.97. The second kappa shape index (κ2) is 20.8. The predicted molar refractivity (Wildman–Crippen MR) is 337 cm³/mol. The molecule has 0 atom stereocenters. The van der Waals surface area contributed by atoms with E-state index in [9.17, 15) is 0 Å². The van der Waals surface area contributed by atoms with Gasteiger partial charge in [0.25, 0.3) is 0 Å². The van der Waals surface area contributed by atoms with E-state index >= 15 is 0 Å². The molecule has 0 bridgehead atoms. The maximum atomic E-state index is 6.87. The second-order valence-electron chi connectivity index (χ2n) is 22.4. The van der Waals surface area contributed by atoms with E-state index in [1.54, 1.807) is 0 Å². The van der Waals surface area contributed by atoms with Crippen molar-refractivity contribution >= 4 is 44.6 Å². The zero-order chi connectivity index (χ0) is 54.9. The van der Waals surface area contributed by atoms with Crippen molar-refractivity contribution in [2.45, 2.75) is 31.6 Å². The number of anilines is 4. The van der Waals surface area contributed by atoms with E-state index in [4.69, 9.17) is 9.72 Å². The monoisotopic (exact) mass is 1250 g/mol. The van der Waals surface area contributed by atoms with Gasteiger partial charge in [-0.2, -0.15) is 12.1 Å². The van der Waals surface area contributed by atoms with Gasteiger partial charge in [-0.05, 0) is 114 Å². The van der Waals surface area contributed by atoms with Crippen LogP contribution in [0.2, 0.25) is 0 Å². The number of pyridine rings is 1. The van der Waals surface area contributed by atoms with Crippen molar-refractivity contribution in [2.24, 2.45) is 0 Å². The fraction of sp³-hybridized carbons (Fsp3) is 0.0649. The van der Waals surface area contributed by atoms with Crippen LogP contribution >= 0.6 is 0 Å². The van der Waals surface area contributed by atoms with Gasteiger partial charge in [0, 0.05) is 72.5 Å². The van der Waals surface area contributed by atoms with Gasteiger partial charge in [0.1, 0.15) is 5.82 Å². The van der Waals surface area contributed by atoms with Crippen molar-refractivity contribution in [3.8, 4) is 61.8 Å². The van der Waals surface area contributed by atoms with Gasteiger partial charge in [-0.15, -0.1) is 48.1 Å². The maximum Gasteiger partial charge on any atom is 0.135 e. The number of para-hydroxylation sites is 3. The number of nitrogens with zero attached hydrogens (tertiary/aromatic N) is 4. The van der Waals surface area contributed by atoms with E-state index in [2.05, 4.69) is 303 Å². The van der Waals surface area contributed by atoms with E-state index in [-0.39, 0.29) is 26.5 Å². The van der Waals surface area contributed by atoms with E-state index < -0.39 is 5.41 Å². The molecule has 0 spiro atoms. The summed E-state index contributed by atoms with van der Waals surface area (Å²) in [5.41, 5.74) is 20.8. The molecule has 0 N–H and O–H groups in total. The molecule has 11 aromatic carbocycles. The van der Waals surface area contributed by atoms with Gasteiger partial charge in [0.05, 0.1) is 5.41 Å². The van der Waals surface area contributed by atoms with Crippen LogP contribution in [-0.2, 0) is 31.9 Å². The SMILES string of the molecule is CC(C)(C)c1ccc(C2(c3ccnc(-n4c5[c-]c(Oc6[c-]c(N7[CH-]N(c8c(-c9ccccc9)cc(-c9ccccc9)cc8-c8ccccc8)c8ccccc87)ccc6)ccc5c5ccccc54)c3)c3ccccc3-c3ccccc32)cc1.[Pt]. The molecule has 6 heteroatoms. The second-order valence-corrected chi connectivity index (χ2v) is 22.4. The third-order valence-electron chi connectivity index (χ3n) is 16.6. The molecule has 1 aliphatic carbocycles. The largest absolute Gasteiger partial charge is 0.509 e. The van der Waals surface area contributed by atoms with Gasteiger partial charge >= 0.3 is 0 Å². The van der Waals surface area contributed by atoms with E-state index in [1.807, 2.05) is 24.4 Å². The van der Waals surface area contributed by atoms with Crippen molar-refractivity contribution < 1.29 is 25.8 Å². The van der Waals surface area contributed by atoms with Crippen LogP contribution in [0, 0.1) is 18.8 Å². The van der Waals surface area contributed by atoms with Crippen molar-refractivity contribution in [1.29, 1.82) is 0 Å². The number of aromatic nitrogens is 2. The smallest absolute Gasteiger partial charge is 0.135 e. The average Bonchev–Trinajstić information content (AvgIpc) is 1.89. The summed E-state index contributed by atoms with van der Waals surface area (Å²) in [5, 5.41) is 2.17. The van der Waals surface area contributed by atoms with Crippen LogP contribution in [0.4, 0.5) is 22.7 Å². The first-order chi connectivity index (χ1) is 40.3. The minimum atomic E-state index is -0.607. The quantitative estimate of drug-likeness (QED) is 0.128. The molecular formula is C77H55N4OPt-3. The van der Waals surface area contributed by atoms with Gasteiger partial charge in [-0.25, -0.2) is 4.98 Å². The van der Waals surface area contributed by atoms with E-state index in [1.165, 1.54) is 33.4 Å². The Morgan fingerprint density at radius 1 is 0.446 bits per heavy atom. The number of hydrogen-bond donors (Lipinski definition) is 0. The summed E-state index contributed by atoms with van der Waals surface area (Å²) in [4.78, 5) is 9.76. The van der Waals surface area contributed by atoms with Gasteiger partial charge in [-0.3, -0.25) is 0 Å². The van der Waals surface area contributed by atoms with Crippen molar-refractivity contribution in [1.82, 2.24) is 9.55 Å². The zero-order valence-electron chi connectivity index (χ0n) is 46.1. The molecule has 0 radical (unpaired) electrons. The maximum absolute atomic E-state index is 6.87. The average molecular weight is 1250 g/mol. The molecule has 0 fully saturated rings. The molecule has 0 saturated heterocycles. The van der Waals surface area contributed by atoms with Crippen LogP contribution in [0.15, 0.2) is 273 Å². The molecule has 15 rings (SSSR count). The molecule has 5 nitrogen and oxygen atoms in total. The Labute approximate surface area is 499 Å². The molecule has 13 aromatic rings. The minimum Gasteiger partial charge on any atom is -0.509 e. The fourth-order valence-corrected chi connectivity index (χ4v) is 12.8. The molecule has 0 saturated carbocycles. The number of ether oxygens (including phenoxy) is 1. The van der Waals surface area contributed by atoms with Crippen molar-refractivity contribution in [3.63, 3.8) is 0 Å². The van der Waals surface area contributed by atoms with E-state index in [0.717, 1.165) is 89.3 Å². The molecule has 3 heterocycles. The standard InChI is InChI=1S/C77H55N4O.Pt/c1-76(2,3)56-38-40-57(41-39-56)77(68-33-16-13-30-62(68)63-31-14-17-34-69(63)77)58-44-45-78-74(48-58)81-70-35-18-15-32-64(70)65-43-42-61(50-73(65)81)82-60-29-21-28-59(49-60)79-51-80(72-37-20-19-36-71(72)79)75-66(53-24-9-5-10-25-53)46-55(52-22-7-4-8-23-52)47-67(75)54-26-11-6-12-27-54;/h4-48,51H,1-3H3;/q-3;. The zero-order valence-corrected chi connectivity index (χ0v) is 48.3. The first kappa shape index (κ1) is 51.6. The predicted octanol–water partition coefficient (Wildman–Crippen LogP) is 19.6. The van der Waals surface area contributed by atoms with Crippen LogP contribution in [0.5, 0.6) is 11.5 Å². The molecule has 2 aromatic heterocycles. The molecule has 1 aliphatic heterocycles. The summed E-state index contributed by atoms with van der Waals surface area (Å²) in [7, 11) is 0. The summed E-state index contributed by atoms with van der Waals surface area (Å²) in [6.45, 7) is 9.02. The van der Waals surface area contributed by atoms with Gasteiger partial charge < -0.3 is 19.1 Å². The van der Waals surface area contributed by atoms with Crippen LogP contribution in [0.25, 0.3) is 72.1 Å². The summed E-state index contributed by atoms with van der Waals surface area (Å²) in [5.74, 6) is 1.94. The Kier molecular flexibility index (Phi) is 12.9. The Balaban J connectivity index is 0.00000614. The molecule has 83 heavy (non-hydrogen) atoms. The molecule has 0 amide bonds. The topological polar surface area (TPSA) is 33.5 Å². The summed E-state index contributed by atoms with van der Waals surface area (Å²) >= 11 is 0. The van der Waals surface area contributed by atoms with Gasteiger partial charge in [0.15, 0.2) is 0 Å². The molecule has 402 valence electrons. The molecular weight excluding hydrogens is 1190 g/mol. The summed E-state index contributed by atoms with van der Waals surface area (Å²) in [6, 6.07) is 103. The van der Waals surface area contributed by atoms with Crippen LogP contribution in [0.3, 0.4) is 0 Å². The third-order valence-corrected chi connectivity index (χ3v) is 16.6. The first-order valence-electron chi connectivity index (χ1n) is 28.1. The van der Waals surface area contributed by atoms with Crippen LogP contribution < -0.4 is 14.5 Å². The fourth-order valence-electron chi connectivity index (χ4n) is 12.8. The summed E-state index contributed by atoms with van der Waals surface area (Å²) < 4.78 is 9.12. The van der Waals surface area contributed by atoms with Gasteiger partial charge in [-0.1, -0.05) is 220 Å². The molecule has 0 unspecified atom stereocenters. The third kappa shape index (κ3) is 8.69. The Hall–Kier alpha value is -9.54.